The second-order valence-corrected chi connectivity index (χ2v) is 7.52. The van der Waals surface area contributed by atoms with Crippen molar-refractivity contribution in [3.8, 4) is 0 Å². The van der Waals surface area contributed by atoms with Gasteiger partial charge in [-0.2, -0.15) is 4.98 Å². The molecule has 1 saturated heterocycles. The van der Waals surface area contributed by atoms with Gasteiger partial charge in [-0.3, -0.25) is 14.6 Å². The molecule has 0 aromatic carbocycles. The van der Waals surface area contributed by atoms with Crippen LogP contribution in [0.2, 0.25) is 0 Å². The van der Waals surface area contributed by atoms with Gasteiger partial charge in [-0.05, 0) is 54.1 Å². The van der Waals surface area contributed by atoms with Crippen LogP contribution in [0.15, 0.2) is 4.52 Å². The first-order valence-electron chi connectivity index (χ1n) is 8.69. The van der Waals surface area contributed by atoms with E-state index >= 15 is 0 Å². The molecule has 2 heterocycles. The quantitative estimate of drug-likeness (QED) is 0.581. The van der Waals surface area contributed by atoms with Gasteiger partial charge in [0, 0.05) is 26.1 Å². The predicted octanol–water partition coefficient (Wildman–Crippen LogP) is 2.18. The molecule has 0 bridgehead atoms. The topological polar surface area (TPSA) is 71.7 Å². The molecule has 0 N–H and O–H groups in total. The normalized spacial score (nSPS) is 20.3. The lowest BCUT2D eigenvalue weighted by molar-refractivity contribution is -0.154. The number of esters is 1. The molecule has 0 aliphatic carbocycles. The molecule has 1 fully saturated rings. The Morgan fingerprint density at radius 2 is 2.08 bits per heavy atom. The van der Waals surface area contributed by atoms with Crippen LogP contribution < -0.4 is 0 Å². The summed E-state index contributed by atoms with van der Waals surface area (Å²) in [4.78, 5) is 20.7. The number of nitrogens with zero attached hydrogens (tertiary/aromatic N) is 4. The molecule has 0 radical (unpaired) electrons. The molecule has 7 nitrogen and oxygen atoms in total. The van der Waals surface area contributed by atoms with Gasteiger partial charge in [-0.1, -0.05) is 5.16 Å². The fourth-order valence-electron chi connectivity index (χ4n) is 2.85. The van der Waals surface area contributed by atoms with Crippen molar-refractivity contribution < 1.29 is 14.1 Å². The number of unbranched alkanes of at least 4 members (excludes halogenated alkanes) is 1. The van der Waals surface area contributed by atoms with Gasteiger partial charge >= 0.3 is 5.97 Å². The standard InChI is InChI=1S/C17H30N4O3/c1-13-18-16(24-19-13)14-12-21(11-10-20(14)5)9-7-6-8-15(22)23-17(2,3)4/h14H,6-12H2,1-5H3. The van der Waals surface area contributed by atoms with Crippen molar-refractivity contribution in [2.24, 2.45) is 0 Å². The van der Waals surface area contributed by atoms with E-state index in [0.29, 0.717) is 18.1 Å². The molecule has 1 aromatic heterocycles. The second kappa shape index (κ2) is 8.07. The zero-order valence-corrected chi connectivity index (χ0v) is 15.5. The van der Waals surface area contributed by atoms with E-state index in [1.165, 1.54) is 0 Å². The van der Waals surface area contributed by atoms with Crippen LogP contribution in [-0.4, -0.2) is 64.7 Å². The van der Waals surface area contributed by atoms with E-state index in [4.69, 9.17) is 9.26 Å². The fraction of sp³-hybridized carbons (Fsp3) is 0.824. The molecule has 7 heteroatoms. The molecule has 1 aliphatic rings. The maximum atomic E-state index is 11.7. The maximum absolute atomic E-state index is 11.7. The number of piperazine rings is 1. The molecule has 1 atom stereocenters. The third-order valence-electron chi connectivity index (χ3n) is 4.09. The van der Waals surface area contributed by atoms with Crippen molar-refractivity contribution in [1.29, 1.82) is 0 Å². The number of hydrogen-bond donors (Lipinski definition) is 0. The number of carbonyl (C=O) groups is 1. The SMILES string of the molecule is Cc1noc(C2CN(CCCCC(=O)OC(C)(C)C)CCN2C)n1. The van der Waals surface area contributed by atoms with Crippen LogP contribution in [0.25, 0.3) is 0 Å². The minimum absolute atomic E-state index is 0.111. The smallest absolute Gasteiger partial charge is 0.306 e. The summed E-state index contributed by atoms with van der Waals surface area (Å²) in [6.45, 7) is 11.4. The molecular formula is C17H30N4O3. The number of aryl methyl sites for hydroxylation is 1. The molecule has 0 spiro atoms. The number of carbonyl (C=O) groups excluding carboxylic acids is 1. The van der Waals surface area contributed by atoms with Crippen LogP contribution in [0.4, 0.5) is 0 Å². The van der Waals surface area contributed by atoms with Crippen molar-refractivity contribution in [1.82, 2.24) is 19.9 Å². The van der Waals surface area contributed by atoms with Gasteiger partial charge in [0.15, 0.2) is 5.82 Å². The van der Waals surface area contributed by atoms with E-state index in [1.807, 2.05) is 27.7 Å². The Kier molecular flexibility index (Phi) is 6.34. The molecule has 24 heavy (non-hydrogen) atoms. The summed E-state index contributed by atoms with van der Waals surface area (Å²) in [5, 5.41) is 3.89. The summed E-state index contributed by atoms with van der Waals surface area (Å²) in [5.41, 5.74) is -0.399. The van der Waals surface area contributed by atoms with Crippen LogP contribution in [0.5, 0.6) is 0 Å². The molecule has 1 aromatic rings. The zero-order chi connectivity index (χ0) is 17.7. The lowest BCUT2D eigenvalue weighted by atomic mass is 10.1. The van der Waals surface area contributed by atoms with Gasteiger partial charge in [0.2, 0.25) is 5.89 Å². The summed E-state index contributed by atoms with van der Waals surface area (Å²) in [7, 11) is 2.09. The summed E-state index contributed by atoms with van der Waals surface area (Å²) in [5.74, 6) is 1.25. The molecular weight excluding hydrogens is 308 g/mol. The van der Waals surface area contributed by atoms with E-state index in [9.17, 15) is 4.79 Å². The number of likely N-dealkylation sites (N-methyl/N-ethyl adjacent to an activating group) is 1. The average Bonchev–Trinajstić information content (AvgIpc) is 2.89. The molecule has 136 valence electrons. The highest BCUT2D eigenvalue weighted by Crippen LogP contribution is 2.22. The Morgan fingerprint density at radius 1 is 1.33 bits per heavy atom. The van der Waals surface area contributed by atoms with Crippen LogP contribution in [0, 0.1) is 6.92 Å². The Labute approximate surface area is 144 Å². The highest BCUT2D eigenvalue weighted by molar-refractivity contribution is 5.69. The van der Waals surface area contributed by atoms with Crippen molar-refractivity contribution in [3.05, 3.63) is 11.7 Å². The summed E-state index contributed by atoms with van der Waals surface area (Å²) in [6, 6.07) is 0.144. The highest BCUT2D eigenvalue weighted by atomic mass is 16.6. The minimum atomic E-state index is -0.399. The monoisotopic (exact) mass is 338 g/mol. The number of rotatable bonds is 6. The van der Waals surface area contributed by atoms with E-state index in [1.54, 1.807) is 0 Å². The third kappa shape index (κ3) is 5.87. The van der Waals surface area contributed by atoms with E-state index < -0.39 is 5.60 Å². The molecule has 1 aliphatic heterocycles. The zero-order valence-electron chi connectivity index (χ0n) is 15.5. The summed E-state index contributed by atoms with van der Waals surface area (Å²) < 4.78 is 10.7. The largest absolute Gasteiger partial charge is 0.460 e. The highest BCUT2D eigenvalue weighted by Gasteiger charge is 2.29. The number of aromatic nitrogens is 2. The van der Waals surface area contributed by atoms with Crippen molar-refractivity contribution in [2.75, 3.05) is 33.2 Å². The van der Waals surface area contributed by atoms with Crippen LogP contribution in [-0.2, 0) is 9.53 Å². The Bertz CT molecular complexity index is 538. The number of ether oxygens (including phenoxy) is 1. The van der Waals surface area contributed by atoms with E-state index in [0.717, 1.165) is 39.0 Å². The van der Waals surface area contributed by atoms with Crippen molar-refractivity contribution in [2.45, 2.75) is 58.6 Å². The van der Waals surface area contributed by atoms with Gasteiger partial charge < -0.3 is 9.26 Å². The molecule has 1 unspecified atom stereocenters. The lowest BCUT2D eigenvalue weighted by Gasteiger charge is -2.37. The van der Waals surface area contributed by atoms with Gasteiger partial charge in [-0.15, -0.1) is 0 Å². The van der Waals surface area contributed by atoms with Crippen molar-refractivity contribution in [3.63, 3.8) is 0 Å². The lowest BCUT2D eigenvalue weighted by Crippen LogP contribution is -2.47. The fourth-order valence-corrected chi connectivity index (χ4v) is 2.85. The average molecular weight is 338 g/mol. The van der Waals surface area contributed by atoms with E-state index in [-0.39, 0.29) is 12.0 Å². The molecule has 2 rings (SSSR count). The first-order chi connectivity index (χ1) is 11.2. The second-order valence-electron chi connectivity index (χ2n) is 7.52. The molecule has 0 amide bonds. The Hall–Kier alpha value is -1.47. The van der Waals surface area contributed by atoms with Gasteiger partial charge in [0.1, 0.15) is 11.6 Å². The minimum Gasteiger partial charge on any atom is -0.460 e. The van der Waals surface area contributed by atoms with Crippen molar-refractivity contribution >= 4 is 5.97 Å². The summed E-state index contributed by atoms with van der Waals surface area (Å²) >= 11 is 0. The maximum Gasteiger partial charge on any atom is 0.306 e. The third-order valence-corrected chi connectivity index (χ3v) is 4.09. The van der Waals surface area contributed by atoms with Crippen LogP contribution >= 0.6 is 0 Å². The van der Waals surface area contributed by atoms with Crippen LogP contribution in [0.3, 0.4) is 0 Å². The predicted molar refractivity (Wildman–Crippen MR) is 90.5 cm³/mol. The van der Waals surface area contributed by atoms with Gasteiger partial charge in [0.05, 0.1) is 0 Å². The molecule has 0 saturated carbocycles. The van der Waals surface area contributed by atoms with Crippen LogP contribution in [0.1, 0.15) is 57.8 Å². The van der Waals surface area contributed by atoms with Gasteiger partial charge in [0.25, 0.3) is 0 Å². The van der Waals surface area contributed by atoms with Gasteiger partial charge in [-0.25, -0.2) is 0 Å². The first-order valence-corrected chi connectivity index (χ1v) is 8.69. The Morgan fingerprint density at radius 3 is 2.71 bits per heavy atom. The Balaban J connectivity index is 1.72. The number of hydrogen-bond acceptors (Lipinski definition) is 7. The first kappa shape index (κ1) is 18.9. The van der Waals surface area contributed by atoms with E-state index in [2.05, 4.69) is 27.0 Å². The summed E-state index contributed by atoms with van der Waals surface area (Å²) in [6.07, 6.45) is 2.32.